The number of hydrogen-bond acceptors (Lipinski definition) is 1. The van der Waals surface area contributed by atoms with E-state index < -0.39 is 19.6 Å². The molecular weight excluding hydrogens is 344 g/mol. The quantitative estimate of drug-likeness (QED) is 0.282. The molecule has 3 nitrogen and oxygen atoms in total. The molecule has 0 aliphatic rings. The van der Waals surface area contributed by atoms with E-state index in [0.717, 1.165) is 5.69 Å². The van der Waals surface area contributed by atoms with Crippen molar-refractivity contribution in [1.29, 1.82) is 0 Å². The van der Waals surface area contributed by atoms with Crippen LogP contribution in [0.4, 0.5) is 5.69 Å². The maximum Gasteiger partial charge on any atom is 0.229 e. The third kappa shape index (κ3) is 2.60. The van der Waals surface area contributed by atoms with Crippen molar-refractivity contribution < 1.29 is 18.6 Å². The summed E-state index contributed by atoms with van der Waals surface area (Å²) in [5.74, 6) is -1.86. The summed E-state index contributed by atoms with van der Waals surface area (Å²) in [6, 6.07) is 10.00. The maximum absolute atomic E-state index is 8.62. The van der Waals surface area contributed by atoms with Crippen LogP contribution in [0.15, 0.2) is 40.8 Å². The van der Waals surface area contributed by atoms with Gasteiger partial charge in [0.25, 0.3) is 0 Å². The molecule has 0 N–H and O–H groups in total. The average molecular weight is 377 g/mol. The topological polar surface area (TPSA) is 21.4 Å². The van der Waals surface area contributed by atoms with E-state index in [9.17, 15) is 0 Å². The molecule has 2 heterocycles. The number of rotatable bonds is 2. The van der Waals surface area contributed by atoms with Gasteiger partial charge in [-0.05, 0) is 36.4 Å². The van der Waals surface area contributed by atoms with Crippen molar-refractivity contribution in [2.75, 3.05) is 0 Å². The normalized spacial score (nSPS) is 18.2. The highest BCUT2D eigenvalue weighted by molar-refractivity contribution is 6.14. The number of hydrogen-bond donors (Lipinski definition) is 0. The lowest BCUT2D eigenvalue weighted by molar-refractivity contribution is -0.666. The minimum atomic E-state index is -2.56. The second-order valence-electron chi connectivity index (χ2n) is 7.14. The second kappa shape index (κ2) is 6.49. The van der Waals surface area contributed by atoms with Crippen LogP contribution in [0, 0.1) is 27.3 Å². The molecule has 4 rings (SSSR count). The van der Waals surface area contributed by atoms with Gasteiger partial charge in [-0.15, -0.1) is 0 Å². The van der Waals surface area contributed by atoms with E-state index in [2.05, 4.69) is 4.85 Å². The molecule has 28 heavy (non-hydrogen) atoms. The average Bonchev–Trinajstić information content (AvgIpc) is 3.13. The van der Waals surface area contributed by atoms with E-state index in [0.29, 0.717) is 44.3 Å². The number of nitrogens with zero attached hydrogens (tertiary/aromatic N) is 2. The first-order valence-electron chi connectivity index (χ1n) is 12.5. The number of aryl methyl sites for hydroxylation is 3. The molecule has 1 unspecified atom stereocenters. The molecule has 1 atom stereocenters. The fraction of sp³-hybridized carbons (Fsp3) is 0.280. The van der Waals surface area contributed by atoms with Gasteiger partial charge in [0.05, 0.1) is 12.1 Å². The minimum absolute atomic E-state index is 0.123. The van der Waals surface area contributed by atoms with Crippen LogP contribution in [0.3, 0.4) is 0 Å². The van der Waals surface area contributed by atoms with Gasteiger partial charge in [0.15, 0.2) is 5.69 Å². The molecular formula is C25H25N2O+. The summed E-state index contributed by atoms with van der Waals surface area (Å²) in [6.45, 7) is 7.51. The molecule has 140 valence electrons. The number of aromatic nitrogens is 1. The molecule has 0 aliphatic heterocycles. The molecule has 0 spiro atoms. The Morgan fingerprint density at radius 2 is 2.00 bits per heavy atom. The predicted octanol–water partition coefficient (Wildman–Crippen LogP) is 6.68. The molecule has 2 aromatic heterocycles. The Morgan fingerprint density at radius 3 is 2.71 bits per heavy atom. The molecule has 3 heteroatoms. The van der Waals surface area contributed by atoms with Crippen LogP contribution in [0.5, 0.6) is 0 Å². The van der Waals surface area contributed by atoms with Crippen LogP contribution in [0.1, 0.15) is 51.6 Å². The van der Waals surface area contributed by atoms with Crippen LogP contribution in [0.2, 0.25) is 0 Å². The smallest absolute Gasteiger partial charge is 0.229 e. The van der Waals surface area contributed by atoms with Gasteiger partial charge in [0, 0.05) is 39.4 Å². The van der Waals surface area contributed by atoms with Gasteiger partial charge >= 0.3 is 0 Å². The largest absolute Gasteiger partial charge is 0.466 e. The molecule has 0 radical (unpaired) electrons. The van der Waals surface area contributed by atoms with Crippen molar-refractivity contribution in [1.82, 2.24) is 0 Å². The Labute approximate surface area is 175 Å². The molecule has 0 saturated heterocycles. The van der Waals surface area contributed by atoms with Gasteiger partial charge in [-0.1, -0.05) is 38.0 Å². The van der Waals surface area contributed by atoms with Crippen molar-refractivity contribution in [2.45, 2.75) is 40.4 Å². The summed E-state index contributed by atoms with van der Waals surface area (Å²) in [5, 5.41) is 0.933. The van der Waals surface area contributed by atoms with E-state index in [4.69, 9.17) is 20.6 Å². The lowest BCUT2D eigenvalue weighted by Crippen LogP contribution is -2.35. The Morgan fingerprint density at radius 1 is 1.18 bits per heavy atom. The first kappa shape index (κ1) is 11.7. The molecule has 0 bridgehead atoms. The fourth-order valence-corrected chi connectivity index (χ4v) is 3.75. The zero-order valence-corrected chi connectivity index (χ0v) is 16.3. The lowest BCUT2D eigenvalue weighted by Gasteiger charge is -2.12. The van der Waals surface area contributed by atoms with E-state index in [1.807, 2.05) is 18.5 Å². The monoisotopic (exact) mass is 376 g/mol. The maximum atomic E-state index is 8.62. The van der Waals surface area contributed by atoms with Crippen molar-refractivity contribution >= 4 is 27.6 Å². The Balaban J connectivity index is 2.20. The molecule has 2 aromatic carbocycles. The highest BCUT2D eigenvalue weighted by Crippen LogP contribution is 2.42. The minimum Gasteiger partial charge on any atom is -0.466 e. The number of furan rings is 1. The van der Waals surface area contributed by atoms with Gasteiger partial charge in [-0.25, -0.2) is 4.85 Å². The van der Waals surface area contributed by atoms with Crippen molar-refractivity contribution in [3.05, 3.63) is 70.2 Å². The van der Waals surface area contributed by atoms with E-state index in [1.165, 1.54) is 6.92 Å². The second-order valence-corrected chi connectivity index (χ2v) is 7.14. The zero-order valence-electron chi connectivity index (χ0n) is 23.3. The van der Waals surface area contributed by atoms with Crippen LogP contribution in [-0.4, -0.2) is 0 Å². The molecule has 0 saturated carbocycles. The van der Waals surface area contributed by atoms with E-state index in [-0.39, 0.29) is 11.3 Å². The third-order valence-corrected chi connectivity index (χ3v) is 5.30. The molecule has 4 aromatic rings. The summed E-state index contributed by atoms with van der Waals surface area (Å²) in [6.07, 6.45) is 0. The van der Waals surface area contributed by atoms with Crippen molar-refractivity contribution in [3.8, 4) is 11.3 Å². The number of pyridine rings is 1. The number of benzene rings is 2. The summed E-state index contributed by atoms with van der Waals surface area (Å²) in [5.41, 5.74) is 3.86. The predicted molar refractivity (Wildman–Crippen MR) is 115 cm³/mol. The fourth-order valence-electron chi connectivity index (χ4n) is 3.75. The first-order valence-corrected chi connectivity index (χ1v) is 8.98. The standard InChI is InChI=1S/C25H25N2O/c1-14(2)18-12-17(5)27(7)21(13-18)23-16(4)11-15(3)22-19-9-8-10-20(26-6)24(19)28-25(22)23/h8-14H,1-5,7H3/q+1/i1D3,3D3,14D. The van der Waals surface area contributed by atoms with Crippen LogP contribution in [-0.2, 0) is 7.05 Å². The Hall–Kier alpha value is -3.12. The van der Waals surface area contributed by atoms with Crippen molar-refractivity contribution in [3.63, 3.8) is 0 Å². The highest BCUT2D eigenvalue weighted by atomic mass is 16.3. The van der Waals surface area contributed by atoms with Gasteiger partial charge < -0.3 is 4.42 Å². The Kier molecular flexibility index (Phi) is 2.70. The molecule has 0 aliphatic carbocycles. The summed E-state index contributed by atoms with van der Waals surface area (Å²) < 4.78 is 64.8. The summed E-state index contributed by atoms with van der Waals surface area (Å²) in [7, 11) is 1.82. The first-order chi connectivity index (χ1) is 16.1. The van der Waals surface area contributed by atoms with Crippen LogP contribution in [0.25, 0.3) is 38.0 Å². The van der Waals surface area contributed by atoms with E-state index >= 15 is 0 Å². The number of fused-ring (bicyclic) bond motifs is 3. The van der Waals surface area contributed by atoms with E-state index in [1.54, 1.807) is 43.3 Å². The Bertz CT molecular complexity index is 1540. The van der Waals surface area contributed by atoms with Gasteiger partial charge in [0.1, 0.15) is 18.2 Å². The summed E-state index contributed by atoms with van der Waals surface area (Å²) >= 11 is 0. The lowest BCUT2D eigenvalue weighted by atomic mass is 9.94. The SMILES string of the molecule is [2H]C([2H])([2H])c1cc(C)c(-c2cc(C([2H])(C)C([2H])([2H])[2H])cc(C)[n+]2C)c2oc3c([N+]#[C-])cccc3c12. The van der Waals surface area contributed by atoms with Gasteiger partial charge in [-0.3, -0.25) is 0 Å². The molecule has 0 amide bonds. The van der Waals surface area contributed by atoms with Gasteiger partial charge in [0.2, 0.25) is 11.4 Å². The van der Waals surface area contributed by atoms with Crippen LogP contribution >= 0.6 is 0 Å². The number of para-hydroxylation sites is 1. The molecule has 0 fully saturated rings. The van der Waals surface area contributed by atoms with Crippen molar-refractivity contribution in [2.24, 2.45) is 7.05 Å². The highest BCUT2D eigenvalue weighted by Gasteiger charge is 2.24. The van der Waals surface area contributed by atoms with Crippen LogP contribution < -0.4 is 4.57 Å². The van der Waals surface area contributed by atoms with Gasteiger partial charge in [-0.2, -0.15) is 4.57 Å². The summed E-state index contributed by atoms with van der Waals surface area (Å²) in [4.78, 5) is 3.54. The third-order valence-electron chi connectivity index (χ3n) is 5.30. The zero-order chi connectivity index (χ0) is 26.1.